The van der Waals surface area contributed by atoms with Crippen LogP contribution in [0.2, 0.25) is 5.02 Å². The van der Waals surface area contributed by atoms with Gasteiger partial charge in [0.15, 0.2) is 0 Å². The zero-order valence-corrected chi connectivity index (χ0v) is 17.7. The highest BCUT2D eigenvalue weighted by Gasteiger charge is 2.18. The Hall–Kier alpha value is -3.03. The molecule has 2 aromatic carbocycles. The maximum atomic E-state index is 11.8. The van der Waals surface area contributed by atoms with E-state index in [1.54, 1.807) is 13.4 Å². The maximum Gasteiger partial charge on any atom is 0.234 e. The lowest BCUT2D eigenvalue weighted by Crippen LogP contribution is -2.42. The first kappa shape index (κ1) is 21.7. The quantitative estimate of drug-likeness (QED) is 0.518. The lowest BCUT2D eigenvalue weighted by Gasteiger charge is -2.17. The Morgan fingerprint density at radius 2 is 2.13 bits per heavy atom. The molecule has 0 saturated carbocycles. The van der Waals surface area contributed by atoms with Crippen LogP contribution in [0.15, 0.2) is 55.0 Å². The van der Waals surface area contributed by atoms with Gasteiger partial charge in [-0.3, -0.25) is 4.79 Å². The van der Waals surface area contributed by atoms with E-state index in [9.17, 15) is 4.79 Å². The van der Waals surface area contributed by atoms with Crippen LogP contribution in [-0.2, 0) is 31.4 Å². The number of benzene rings is 2. The van der Waals surface area contributed by atoms with Crippen LogP contribution in [0.4, 0.5) is 0 Å². The SMILES string of the molecule is COc1cc(OCc2cccc(Cl)c2)ccc1CNC(Cc1cn(C)cn1)C(N)=O. The predicted octanol–water partition coefficient (Wildman–Crippen LogP) is 2.85. The summed E-state index contributed by atoms with van der Waals surface area (Å²) in [5, 5.41) is 3.86. The van der Waals surface area contributed by atoms with E-state index >= 15 is 0 Å². The van der Waals surface area contributed by atoms with Crippen molar-refractivity contribution in [1.29, 1.82) is 0 Å². The number of aromatic nitrogens is 2. The van der Waals surface area contributed by atoms with E-state index in [1.807, 2.05) is 60.3 Å². The van der Waals surface area contributed by atoms with E-state index in [0.29, 0.717) is 36.1 Å². The van der Waals surface area contributed by atoms with Crippen LogP contribution in [0.1, 0.15) is 16.8 Å². The average Bonchev–Trinajstić information content (AvgIpc) is 3.14. The van der Waals surface area contributed by atoms with Gasteiger partial charge < -0.3 is 25.1 Å². The normalized spacial score (nSPS) is 11.8. The van der Waals surface area contributed by atoms with Gasteiger partial charge in [0.2, 0.25) is 5.91 Å². The lowest BCUT2D eigenvalue weighted by atomic mass is 10.1. The molecule has 3 aromatic rings. The number of imidazole rings is 1. The van der Waals surface area contributed by atoms with Crippen LogP contribution in [-0.4, -0.2) is 28.6 Å². The van der Waals surface area contributed by atoms with Crippen LogP contribution < -0.4 is 20.5 Å². The number of carbonyl (C=O) groups excluding carboxylic acids is 1. The van der Waals surface area contributed by atoms with Crippen molar-refractivity contribution in [3.8, 4) is 11.5 Å². The number of carbonyl (C=O) groups is 1. The summed E-state index contributed by atoms with van der Waals surface area (Å²) in [6, 6.07) is 12.6. The summed E-state index contributed by atoms with van der Waals surface area (Å²) in [7, 11) is 3.48. The minimum Gasteiger partial charge on any atom is -0.496 e. The molecule has 1 heterocycles. The second-order valence-corrected chi connectivity index (χ2v) is 7.40. The summed E-state index contributed by atoms with van der Waals surface area (Å²) < 4.78 is 13.2. The summed E-state index contributed by atoms with van der Waals surface area (Å²) in [6.07, 6.45) is 3.97. The highest BCUT2D eigenvalue weighted by Crippen LogP contribution is 2.26. The monoisotopic (exact) mass is 428 g/mol. The number of aryl methyl sites for hydroxylation is 1. The molecule has 0 spiro atoms. The van der Waals surface area contributed by atoms with Gasteiger partial charge in [0, 0.05) is 42.9 Å². The summed E-state index contributed by atoms with van der Waals surface area (Å²) >= 11 is 6.01. The predicted molar refractivity (Wildman–Crippen MR) is 116 cm³/mol. The molecule has 3 rings (SSSR count). The first-order valence-corrected chi connectivity index (χ1v) is 9.86. The Morgan fingerprint density at radius 3 is 2.80 bits per heavy atom. The van der Waals surface area contributed by atoms with Gasteiger partial charge in [-0.15, -0.1) is 0 Å². The van der Waals surface area contributed by atoms with E-state index in [-0.39, 0.29) is 0 Å². The summed E-state index contributed by atoms with van der Waals surface area (Å²) in [4.78, 5) is 16.1. The van der Waals surface area contributed by atoms with Crippen molar-refractivity contribution in [2.24, 2.45) is 12.8 Å². The van der Waals surface area contributed by atoms with Crippen molar-refractivity contribution < 1.29 is 14.3 Å². The fraction of sp³-hybridized carbons (Fsp3) is 0.273. The fourth-order valence-electron chi connectivity index (χ4n) is 3.04. The number of nitrogens with two attached hydrogens (primary N) is 1. The van der Waals surface area contributed by atoms with Gasteiger partial charge in [0.1, 0.15) is 18.1 Å². The van der Waals surface area contributed by atoms with Crippen LogP contribution in [0.3, 0.4) is 0 Å². The van der Waals surface area contributed by atoms with Crippen molar-refractivity contribution in [2.45, 2.75) is 25.6 Å². The van der Waals surface area contributed by atoms with Gasteiger partial charge in [0.05, 0.1) is 25.2 Å². The third-order valence-electron chi connectivity index (χ3n) is 4.61. The number of ether oxygens (including phenoxy) is 2. The van der Waals surface area contributed by atoms with E-state index in [1.165, 1.54) is 0 Å². The molecule has 1 amide bonds. The standard InChI is InChI=1S/C22H25ClN4O3/c1-27-12-18(26-14-27)9-20(22(24)28)25-11-16-6-7-19(10-21(16)29-2)30-13-15-4-3-5-17(23)8-15/h3-8,10,12,14,20,25H,9,11,13H2,1-2H3,(H2,24,28). The largest absolute Gasteiger partial charge is 0.496 e. The Labute approximate surface area is 180 Å². The molecule has 0 aliphatic carbocycles. The maximum absolute atomic E-state index is 11.8. The number of rotatable bonds is 10. The van der Waals surface area contributed by atoms with Gasteiger partial charge in [-0.1, -0.05) is 29.8 Å². The van der Waals surface area contributed by atoms with Crippen LogP contribution in [0, 0.1) is 0 Å². The zero-order chi connectivity index (χ0) is 21.5. The second-order valence-electron chi connectivity index (χ2n) is 6.96. The van der Waals surface area contributed by atoms with Crippen molar-refractivity contribution in [3.05, 3.63) is 76.8 Å². The van der Waals surface area contributed by atoms with Crippen molar-refractivity contribution in [3.63, 3.8) is 0 Å². The topological polar surface area (TPSA) is 91.4 Å². The molecular weight excluding hydrogens is 404 g/mol. The Kier molecular flexibility index (Phi) is 7.32. The van der Waals surface area contributed by atoms with Crippen LogP contribution in [0.25, 0.3) is 0 Å². The number of halogens is 1. The van der Waals surface area contributed by atoms with E-state index < -0.39 is 11.9 Å². The number of amides is 1. The minimum atomic E-state index is -0.539. The van der Waals surface area contributed by atoms with Gasteiger partial charge in [-0.05, 0) is 23.8 Å². The van der Waals surface area contributed by atoms with Gasteiger partial charge in [0.25, 0.3) is 0 Å². The Balaban J connectivity index is 1.62. The first-order valence-electron chi connectivity index (χ1n) is 9.48. The van der Waals surface area contributed by atoms with E-state index in [2.05, 4.69) is 10.3 Å². The molecular formula is C22H25ClN4O3. The second kappa shape index (κ2) is 10.1. The molecule has 1 atom stereocenters. The highest BCUT2D eigenvalue weighted by molar-refractivity contribution is 6.30. The molecule has 0 bridgehead atoms. The summed E-state index contributed by atoms with van der Waals surface area (Å²) in [5.41, 5.74) is 8.22. The average molecular weight is 429 g/mol. The molecule has 0 aliphatic rings. The summed E-state index contributed by atoms with van der Waals surface area (Å²) in [5.74, 6) is 0.906. The molecule has 0 aliphatic heterocycles. The van der Waals surface area contributed by atoms with Gasteiger partial charge in [-0.25, -0.2) is 4.98 Å². The molecule has 158 valence electrons. The Bertz CT molecular complexity index is 1010. The third kappa shape index (κ3) is 5.98. The fourth-order valence-corrected chi connectivity index (χ4v) is 3.26. The van der Waals surface area contributed by atoms with Crippen molar-refractivity contribution in [1.82, 2.24) is 14.9 Å². The van der Waals surface area contributed by atoms with Crippen LogP contribution in [0.5, 0.6) is 11.5 Å². The van der Waals surface area contributed by atoms with E-state index in [0.717, 1.165) is 16.8 Å². The van der Waals surface area contributed by atoms with Gasteiger partial charge in [-0.2, -0.15) is 0 Å². The molecule has 30 heavy (non-hydrogen) atoms. The van der Waals surface area contributed by atoms with Gasteiger partial charge >= 0.3 is 0 Å². The number of hydrogen-bond acceptors (Lipinski definition) is 5. The first-order chi connectivity index (χ1) is 14.4. The number of hydrogen-bond donors (Lipinski definition) is 2. The number of methoxy groups -OCH3 is 1. The molecule has 1 unspecified atom stereocenters. The molecule has 0 radical (unpaired) electrons. The molecule has 1 aromatic heterocycles. The number of nitrogens with zero attached hydrogens (tertiary/aromatic N) is 2. The third-order valence-corrected chi connectivity index (χ3v) is 4.84. The number of nitrogens with one attached hydrogen (secondary N) is 1. The summed E-state index contributed by atoms with van der Waals surface area (Å²) in [6.45, 7) is 0.813. The minimum absolute atomic E-state index is 0.398. The van der Waals surface area contributed by atoms with Crippen molar-refractivity contribution >= 4 is 17.5 Å². The molecule has 3 N–H and O–H groups in total. The molecule has 0 saturated heterocycles. The molecule has 0 fully saturated rings. The smallest absolute Gasteiger partial charge is 0.234 e. The van der Waals surface area contributed by atoms with Crippen molar-refractivity contribution in [2.75, 3.05) is 7.11 Å². The van der Waals surface area contributed by atoms with E-state index in [4.69, 9.17) is 26.8 Å². The molecule has 7 nitrogen and oxygen atoms in total. The lowest BCUT2D eigenvalue weighted by molar-refractivity contribution is -0.120. The highest BCUT2D eigenvalue weighted by atomic mass is 35.5. The number of primary amides is 1. The molecule has 8 heteroatoms. The van der Waals surface area contributed by atoms with Crippen LogP contribution >= 0.6 is 11.6 Å². The Morgan fingerprint density at radius 1 is 1.30 bits per heavy atom. The zero-order valence-electron chi connectivity index (χ0n) is 17.0.